The molecule has 104 valence electrons. The van der Waals surface area contributed by atoms with Gasteiger partial charge in [-0.05, 0) is 36.4 Å². The molecule has 0 aliphatic rings. The highest BCUT2D eigenvalue weighted by atomic mass is 32.1. The zero-order valence-corrected chi connectivity index (χ0v) is 11.9. The van der Waals surface area contributed by atoms with Crippen molar-refractivity contribution in [1.82, 2.24) is 4.98 Å². The quantitative estimate of drug-likeness (QED) is 0.792. The number of nitrogens with one attached hydrogen (secondary N) is 1. The molecule has 3 rings (SSSR count). The third-order valence-corrected chi connectivity index (χ3v) is 3.87. The Labute approximate surface area is 124 Å². The fourth-order valence-electron chi connectivity index (χ4n) is 1.90. The van der Waals surface area contributed by atoms with Crippen LogP contribution in [0.25, 0.3) is 10.2 Å². The number of hydrogen-bond acceptors (Lipinski definition) is 5. The number of methoxy groups -OCH3 is 1. The highest BCUT2D eigenvalue weighted by Gasteiger charge is 2.07. The van der Waals surface area contributed by atoms with Crippen LogP contribution in [0.2, 0.25) is 0 Å². The van der Waals surface area contributed by atoms with E-state index in [-0.39, 0.29) is 5.56 Å². The van der Waals surface area contributed by atoms with Gasteiger partial charge in [0.25, 0.3) is 0 Å². The minimum absolute atomic E-state index is 0.00257. The number of hydrogen-bond donors (Lipinski definition) is 1. The van der Waals surface area contributed by atoms with Crippen molar-refractivity contribution in [2.24, 2.45) is 0 Å². The lowest BCUT2D eigenvalue weighted by Gasteiger charge is -2.02. The number of thiazole rings is 1. The number of aromatic nitrogens is 1. The van der Waals surface area contributed by atoms with Crippen LogP contribution in [0.1, 0.15) is 5.56 Å². The summed E-state index contributed by atoms with van der Waals surface area (Å²) in [5.74, 6) is 0.239. The molecule has 6 heteroatoms. The molecular formula is C15H10FN3OS. The fourth-order valence-corrected chi connectivity index (χ4v) is 2.81. The standard InChI is InChI=1S/C15H10FN3OS/c1-20-11-3-5-13-14(7-11)21-15(19-13)18-10-2-4-12(16)9(6-10)8-17/h2-7H,1H3,(H,18,19). The lowest BCUT2D eigenvalue weighted by molar-refractivity contribution is 0.415. The first-order chi connectivity index (χ1) is 10.2. The zero-order chi connectivity index (χ0) is 14.8. The van der Waals surface area contributed by atoms with Gasteiger partial charge >= 0.3 is 0 Å². The third kappa shape index (κ3) is 2.64. The lowest BCUT2D eigenvalue weighted by atomic mass is 10.2. The maximum atomic E-state index is 13.3. The second kappa shape index (κ2) is 5.38. The highest BCUT2D eigenvalue weighted by Crippen LogP contribution is 2.31. The number of rotatable bonds is 3. The maximum absolute atomic E-state index is 13.3. The number of nitriles is 1. The topological polar surface area (TPSA) is 57.9 Å². The van der Waals surface area contributed by atoms with Crippen molar-refractivity contribution in [2.45, 2.75) is 0 Å². The Morgan fingerprint density at radius 2 is 2.14 bits per heavy atom. The summed E-state index contributed by atoms with van der Waals surface area (Å²) in [4.78, 5) is 4.44. The SMILES string of the molecule is COc1ccc2nc(Nc3ccc(F)c(C#N)c3)sc2c1. The van der Waals surface area contributed by atoms with Gasteiger partial charge in [-0.2, -0.15) is 5.26 Å². The van der Waals surface area contributed by atoms with Crippen LogP contribution in [0.5, 0.6) is 5.75 Å². The van der Waals surface area contributed by atoms with Crippen LogP contribution in [0.15, 0.2) is 36.4 Å². The highest BCUT2D eigenvalue weighted by molar-refractivity contribution is 7.22. The predicted molar refractivity (Wildman–Crippen MR) is 80.6 cm³/mol. The second-order valence-electron chi connectivity index (χ2n) is 4.28. The lowest BCUT2D eigenvalue weighted by Crippen LogP contribution is -1.91. The van der Waals surface area contributed by atoms with Gasteiger partial charge in [-0.3, -0.25) is 0 Å². The number of fused-ring (bicyclic) bond motifs is 1. The summed E-state index contributed by atoms with van der Waals surface area (Å²) in [6, 6.07) is 11.7. The Hall–Kier alpha value is -2.65. The molecular weight excluding hydrogens is 289 g/mol. The Balaban J connectivity index is 1.93. The van der Waals surface area contributed by atoms with Crippen molar-refractivity contribution in [3.63, 3.8) is 0 Å². The van der Waals surface area contributed by atoms with E-state index >= 15 is 0 Å². The molecule has 21 heavy (non-hydrogen) atoms. The van der Waals surface area contributed by atoms with Crippen LogP contribution in [0.4, 0.5) is 15.2 Å². The molecule has 0 spiro atoms. The summed E-state index contributed by atoms with van der Waals surface area (Å²) < 4.78 is 19.4. The molecule has 0 radical (unpaired) electrons. The molecule has 0 aliphatic carbocycles. The van der Waals surface area contributed by atoms with Gasteiger partial charge in [0.1, 0.15) is 17.6 Å². The molecule has 0 amide bonds. The van der Waals surface area contributed by atoms with Crippen molar-refractivity contribution in [3.8, 4) is 11.8 Å². The van der Waals surface area contributed by atoms with Gasteiger partial charge in [-0.25, -0.2) is 9.37 Å². The van der Waals surface area contributed by atoms with Gasteiger partial charge < -0.3 is 10.1 Å². The van der Waals surface area contributed by atoms with Gasteiger partial charge in [-0.15, -0.1) is 0 Å². The van der Waals surface area contributed by atoms with Gasteiger partial charge in [0.2, 0.25) is 0 Å². The first-order valence-corrected chi connectivity index (χ1v) is 6.92. The number of benzene rings is 2. The van der Waals surface area contributed by atoms with Gasteiger partial charge in [0.15, 0.2) is 5.13 Å². The third-order valence-electron chi connectivity index (χ3n) is 2.93. The van der Waals surface area contributed by atoms with E-state index in [0.29, 0.717) is 10.8 Å². The van der Waals surface area contributed by atoms with E-state index in [0.717, 1.165) is 16.0 Å². The summed E-state index contributed by atoms with van der Waals surface area (Å²) >= 11 is 1.46. The van der Waals surface area contributed by atoms with Crippen molar-refractivity contribution >= 4 is 32.4 Å². The van der Waals surface area contributed by atoms with E-state index in [9.17, 15) is 4.39 Å². The van der Waals surface area contributed by atoms with Crippen LogP contribution in [0.3, 0.4) is 0 Å². The molecule has 0 saturated carbocycles. The predicted octanol–water partition coefficient (Wildman–Crippen LogP) is 4.06. The summed E-state index contributed by atoms with van der Waals surface area (Å²) in [6.45, 7) is 0. The molecule has 0 saturated heterocycles. The van der Waals surface area contributed by atoms with Crippen LogP contribution in [-0.4, -0.2) is 12.1 Å². The summed E-state index contributed by atoms with van der Waals surface area (Å²) in [5.41, 5.74) is 1.48. The Morgan fingerprint density at radius 1 is 1.29 bits per heavy atom. The molecule has 0 aliphatic heterocycles. The second-order valence-corrected chi connectivity index (χ2v) is 5.31. The molecule has 2 aromatic carbocycles. The molecule has 0 fully saturated rings. The molecule has 1 aromatic heterocycles. The number of ether oxygens (including phenoxy) is 1. The fraction of sp³-hybridized carbons (Fsp3) is 0.0667. The number of anilines is 2. The van der Waals surface area contributed by atoms with E-state index in [1.165, 1.54) is 23.5 Å². The molecule has 0 bridgehead atoms. The summed E-state index contributed by atoms with van der Waals surface area (Å²) in [5, 5.41) is 12.6. The van der Waals surface area contributed by atoms with Crippen LogP contribution in [0, 0.1) is 17.1 Å². The molecule has 3 aromatic rings. The van der Waals surface area contributed by atoms with E-state index in [1.54, 1.807) is 13.2 Å². The van der Waals surface area contributed by atoms with Crippen molar-refractivity contribution in [3.05, 3.63) is 47.8 Å². The molecule has 0 unspecified atom stereocenters. The Morgan fingerprint density at radius 3 is 2.90 bits per heavy atom. The monoisotopic (exact) mass is 299 g/mol. The Kier molecular flexibility index (Phi) is 3.42. The first-order valence-electron chi connectivity index (χ1n) is 6.11. The summed E-state index contributed by atoms with van der Waals surface area (Å²) in [6.07, 6.45) is 0. The van der Waals surface area contributed by atoms with Gasteiger partial charge in [-0.1, -0.05) is 11.3 Å². The molecule has 4 nitrogen and oxygen atoms in total. The van der Waals surface area contributed by atoms with E-state index < -0.39 is 5.82 Å². The number of nitrogens with zero attached hydrogens (tertiary/aromatic N) is 2. The first kappa shape index (κ1) is 13.3. The summed E-state index contributed by atoms with van der Waals surface area (Å²) in [7, 11) is 1.61. The van der Waals surface area contributed by atoms with Crippen LogP contribution < -0.4 is 10.1 Å². The average molecular weight is 299 g/mol. The zero-order valence-electron chi connectivity index (χ0n) is 11.1. The molecule has 1 heterocycles. The van der Waals surface area contributed by atoms with Crippen molar-refractivity contribution in [1.29, 1.82) is 5.26 Å². The van der Waals surface area contributed by atoms with Crippen molar-refractivity contribution in [2.75, 3.05) is 12.4 Å². The van der Waals surface area contributed by atoms with Crippen molar-refractivity contribution < 1.29 is 9.13 Å². The molecule has 1 N–H and O–H groups in total. The number of halogens is 1. The normalized spacial score (nSPS) is 10.3. The van der Waals surface area contributed by atoms with Gasteiger partial charge in [0.05, 0.1) is 22.9 Å². The van der Waals surface area contributed by atoms with E-state index in [2.05, 4.69) is 10.3 Å². The minimum atomic E-state index is -0.530. The smallest absolute Gasteiger partial charge is 0.188 e. The van der Waals surface area contributed by atoms with E-state index in [4.69, 9.17) is 10.00 Å². The van der Waals surface area contributed by atoms with Gasteiger partial charge in [0, 0.05) is 5.69 Å². The van der Waals surface area contributed by atoms with E-state index in [1.807, 2.05) is 24.3 Å². The van der Waals surface area contributed by atoms with Crippen LogP contribution in [-0.2, 0) is 0 Å². The minimum Gasteiger partial charge on any atom is -0.497 e. The van der Waals surface area contributed by atoms with Crippen LogP contribution >= 0.6 is 11.3 Å². The molecule has 0 atom stereocenters. The largest absolute Gasteiger partial charge is 0.497 e. The maximum Gasteiger partial charge on any atom is 0.188 e. The Bertz CT molecular complexity index is 854. The average Bonchev–Trinajstić information content (AvgIpc) is 2.90.